The first kappa shape index (κ1) is 27.8. The minimum Gasteiger partial charge on any atom is -0.322 e. The normalized spacial score (nSPS) is 13.7. The van der Waals surface area contributed by atoms with Crippen molar-refractivity contribution in [2.75, 3.05) is 18.9 Å². The zero-order chi connectivity index (χ0) is 29.1. The lowest BCUT2D eigenvalue weighted by Gasteiger charge is -2.30. The largest absolute Gasteiger partial charge is 0.322 e. The van der Waals surface area contributed by atoms with E-state index >= 15 is 0 Å². The summed E-state index contributed by atoms with van der Waals surface area (Å²) < 4.78 is 27.7. The maximum absolute atomic E-state index is 13.9. The first-order valence-electron chi connectivity index (χ1n) is 14.0. The van der Waals surface area contributed by atoms with E-state index in [2.05, 4.69) is 22.3 Å². The molecule has 1 amide bonds. The van der Waals surface area contributed by atoms with Crippen LogP contribution in [0.1, 0.15) is 32.7 Å². The van der Waals surface area contributed by atoms with Crippen LogP contribution in [0, 0.1) is 0 Å². The average Bonchev–Trinajstić information content (AvgIpc) is 3.01. The third-order valence-electron chi connectivity index (χ3n) is 7.67. The van der Waals surface area contributed by atoms with Gasteiger partial charge in [0.1, 0.15) is 0 Å². The Bertz CT molecular complexity index is 1830. The van der Waals surface area contributed by atoms with E-state index in [0.717, 1.165) is 47.2 Å². The zero-order valence-corrected chi connectivity index (χ0v) is 24.2. The number of pyridine rings is 1. The van der Waals surface area contributed by atoms with E-state index in [4.69, 9.17) is 4.98 Å². The number of fused-ring (bicyclic) bond motifs is 2. The van der Waals surface area contributed by atoms with Gasteiger partial charge in [-0.3, -0.25) is 14.7 Å². The highest BCUT2D eigenvalue weighted by molar-refractivity contribution is 7.89. The molecule has 1 aromatic heterocycles. The van der Waals surface area contributed by atoms with Crippen molar-refractivity contribution in [1.29, 1.82) is 0 Å². The average molecular weight is 577 g/mol. The predicted molar refractivity (Wildman–Crippen MR) is 165 cm³/mol. The molecule has 0 saturated heterocycles. The summed E-state index contributed by atoms with van der Waals surface area (Å²) in [6.07, 6.45) is 0.760. The number of sulfonamides is 1. The summed E-state index contributed by atoms with van der Waals surface area (Å²) in [5.41, 5.74) is 5.96. The molecule has 1 N–H and O–H groups in total. The minimum atomic E-state index is -3.70. The third-order valence-corrected chi connectivity index (χ3v) is 9.49. The van der Waals surface area contributed by atoms with Crippen LogP contribution in [0.4, 0.5) is 5.69 Å². The van der Waals surface area contributed by atoms with E-state index in [-0.39, 0.29) is 17.3 Å². The Morgan fingerprint density at radius 2 is 1.50 bits per heavy atom. The maximum atomic E-state index is 13.9. The Labute approximate surface area is 246 Å². The van der Waals surface area contributed by atoms with Crippen LogP contribution in [0.25, 0.3) is 10.9 Å². The number of carbonyl (C=O) groups excluding carboxylic acids is 1. The van der Waals surface area contributed by atoms with Crippen LogP contribution in [-0.4, -0.2) is 42.1 Å². The second-order valence-electron chi connectivity index (χ2n) is 10.6. The summed E-state index contributed by atoms with van der Waals surface area (Å²) in [5, 5.41) is 3.82. The van der Waals surface area contributed by atoms with Gasteiger partial charge >= 0.3 is 0 Å². The van der Waals surface area contributed by atoms with Crippen LogP contribution in [-0.2, 0) is 36.1 Å². The molecule has 7 nitrogen and oxygen atoms in total. The van der Waals surface area contributed by atoms with Gasteiger partial charge in [-0.05, 0) is 41.5 Å². The molecule has 0 atom stereocenters. The summed E-state index contributed by atoms with van der Waals surface area (Å²) in [5.74, 6) is -0.233. The van der Waals surface area contributed by atoms with E-state index in [1.54, 1.807) is 19.2 Å². The first-order chi connectivity index (χ1) is 20.4. The fourth-order valence-electron chi connectivity index (χ4n) is 5.49. The Morgan fingerprint density at radius 3 is 2.21 bits per heavy atom. The molecule has 0 spiro atoms. The smallest absolute Gasteiger partial charge is 0.256 e. The minimum absolute atomic E-state index is 0.169. The molecular weight excluding hydrogens is 544 g/mol. The van der Waals surface area contributed by atoms with Crippen molar-refractivity contribution in [3.05, 3.63) is 137 Å². The topological polar surface area (TPSA) is 82.6 Å². The standard InChI is InChI=1S/C34H32N4O3S/c1-37(22-25-10-4-2-5-11-25)42(40,41)28-18-16-27(17-19-28)35-34(39)33-29-14-8-9-15-31(29)36-32-20-21-38(24-30(32)33)23-26-12-6-3-7-13-26/h2-19H,20-24H2,1H3,(H,35,39). The number of rotatable bonds is 8. The fourth-order valence-corrected chi connectivity index (χ4v) is 6.65. The summed E-state index contributed by atoms with van der Waals surface area (Å²) in [6, 6.07) is 33.9. The highest BCUT2D eigenvalue weighted by atomic mass is 32.2. The molecule has 1 aliphatic heterocycles. The maximum Gasteiger partial charge on any atom is 0.256 e. The number of nitrogens with one attached hydrogen (secondary N) is 1. The van der Waals surface area contributed by atoms with Crippen LogP contribution in [0.3, 0.4) is 0 Å². The predicted octanol–water partition coefficient (Wildman–Crippen LogP) is 5.87. The molecule has 2 heterocycles. The number of anilines is 1. The van der Waals surface area contributed by atoms with Crippen molar-refractivity contribution >= 4 is 32.5 Å². The molecule has 0 radical (unpaired) electrons. The molecular formula is C34H32N4O3S. The summed E-state index contributed by atoms with van der Waals surface area (Å²) >= 11 is 0. The molecule has 212 valence electrons. The second kappa shape index (κ2) is 11.9. The Kier molecular flexibility index (Phi) is 7.84. The van der Waals surface area contributed by atoms with Crippen LogP contribution in [0.2, 0.25) is 0 Å². The molecule has 5 aromatic rings. The lowest BCUT2D eigenvalue weighted by atomic mass is 9.95. The van der Waals surface area contributed by atoms with E-state index in [0.29, 0.717) is 17.8 Å². The van der Waals surface area contributed by atoms with Crippen molar-refractivity contribution in [3.8, 4) is 0 Å². The van der Waals surface area contributed by atoms with Crippen LogP contribution in [0.15, 0.2) is 114 Å². The van der Waals surface area contributed by atoms with Crippen molar-refractivity contribution in [1.82, 2.24) is 14.2 Å². The van der Waals surface area contributed by atoms with E-state index < -0.39 is 10.0 Å². The molecule has 0 bridgehead atoms. The van der Waals surface area contributed by atoms with E-state index in [1.807, 2.05) is 72.8 Å². The Morgan fingerprint density at radius 1 is 0.857 bits per heavy atom. The van der Waals surface area contributed by atoms with E-state index in [1.165, 1.54) is 22.0 Å². The molecule has 0 aliphatic carbocycles. The quantitative estimate of drug-likeness (QED) is 0.250. The number of para-hydroxylation sites is 1. The number of amides is 1. The molecule has 8 heteroatoms. The molecule has 0 fully saturated rings. The molecule has 1 aliphatic rings. The van der Waals surface area contributed by atoms with Crippen molar-refractivity contribution in [2.24, 2.45) is 0 Å². The highest BCUT2D eigenvalue weighted by Gasteiger charge is 2.26. The van der Waals surface area contributed by atoms with Crippen molar-refractivity contribution < 1.29 is 13.2 Å². The Balaban J connectivity index is 1.25. The van der Waals surface area contributed by atoms with Crippen LogP contribution in [0.5, 0.6) is 0 Å². The monoisotopic (exact) mass is 576 g/mol. The number of nitrogens with zero attached hydrogens (tertiary/aromatic N) is 3. The van der Waals surface area contributed by atoms with E-state index in [9.17, 15) is 13.2 Å². The number of benzene rings is 4. The van der Waals surface area contributed by atoms with Crippen molar-refractivity contribution in [3.63, 3.8) is 0 Å². The number of carbonyl (C=O) groups is 1. The van der Waals surface area contributed by atoms with Gasteiger partial charge in [-0.1, -0.05) is 78.9 Å². The second-order valence-corrected chi connectivity index (χ2v) is 12.6. The van der Waals surface area contributed by atoms with Gasteiger partial charge in [0.15, 0.2) is 0 Å². The zero-order valence-electron chi connectivity index (χ0n) is 23.4. The van der Waals surface area contributed by atoms with Gasteiger partial charge in [0, 0.05) is 62.0 Å². The van der Waals surface area contributed by atoms with Crippen molar-refractivity contribution in [2.45, 2.75) is 31.0 Å². The number of hydrogen-bond donors (Lipinski definition) is 1. The lowest BCUT2D eigenvalue weighted by molar-refractivity contribution is 0.102. The van der Waals surface area contributed by atoms with Gasteiger partial charge in [-0.2, -0.15) is 4.31 Å². The van der Waals surface area contributed by atoms with Gasteiger partial charge in [0.2, 0.25) is 10.0 Å². The molecule has 0 unspecified atom stereocenters. The van der Waals surface area contributed by atoms with Gasteiger partial charge in [0.05, 0.1) is 16.0 Å². The summed E-state index contributed by atoms with van der Waals surface area (Å²) in [7, 11) is -2.13. The molecule has 42 heavy (non-hydrogen) atoms. The fraction of sp³-hybridized carbons (Fsp3) is 0.176. The number of aromatic nitrogens is 1. The molecule has 6 rings (SSSR count). The molecule has 4 aromatic carbocycles. The summed E-state index contributed by atoms with van der Waals surface area (Å²) in [4.78, 5) is 21.3. The highest BCUT2D eigenvalue weighted by Crippen LogP contribution is 2.30. The van der Waals surface area contributed by atoms with Gasteiger partial charge in [0.25, 0.3) is 5.91 Å². The SMILES string of the molecule is CN(Cc1ccccc1)S(=O)(=O)c1ccc(NC(=O)c2c3c(nc4ccccc24)CCN(Cc2ccccc2)C3)cc1. The lowest BCUT2D eigenvalue weighted by Crippen LogP contribution is -2.32. The first-order valence-corrected chi connectivity index (χ1v) is 15.4. The summed E-state index contributed by atoms with van der Waals surface area (Å²) in [6.45, 7) is 2.55. The number of hydrogen-bond acceptors (Lipinski definition) is 5. The van der Waals surface area contributed by atoms with Crippen LogP contribution < -0.4 is 5.32 Å². The van der Waals surface area contributed by atoms with Crippen LogP contribution >= 0.6 is 0 Å². The van der Waals surface area contributed by atoms with Gasteiger partial charge in [-0.25, -0.2) is 8.42 Å². The Hall–Kier alpha value is -4.37. The molecule has 0 saturated carbocycles. The van der Waals surface area contributed by atoms with Gasteiger partial charge < -0.3 is 5.32 Å². The third kappa shape index (κ3) is 5.83. The van der Waals surface area contributed by atoms with Gasteiger partial charge in [-0.15, -0.1) is 0 Å².